The van der Waals surface area contributed by atoms with Crippen molar-refractivity contribution in [2.75, 3.05) is 158 Å². The molecule has 2 aromatic heterocycles. The van der Waals surface area contributed by atoms with Crippen molar-refractivity contribution in [3.05, 3.63) is 47.0 Å². The maximum absolute atomic E-state index is 11.7. The van der Waals surface area contributed by atoms with Crippen LogP contribution in [-0.2, 0) is 103 Å². The molecule has 0 saturated heterocycles. The molecule has 0 fully saturated rings. The van der Waals surface area contributed by atoms with Crippen LogP contribution in [0.1, 0.15) is 62.3 Å². The molecule has 0 atom stereocenters. The Balaban J connectivity index is 0.000000738. The number of aromatic nitrogens is 2. The Morgan fingerprint density at radius 1 is 0.500 bits per heavy atom. The van der Waals surface area contributed by atoms with E-state index in [1.165, 1.54) is 12.1 Å². The number of aliphatic hydroxyl groups excluding tert-OH is 2. The van der Waals surface area contributed by atoms with E-state index in [1.54, 1.807) is 40.2 Å². The Bertz CT molecular complexity index is 1870. The first-order valence-corrected chi connectivity index (χ1v) is 27.4. The number of pyridine rings is 2. The molecule has 0 spiro atoms. The first-order valence-electron chi connectivity index (χ1n) is 23.7. The Morgan fingerprint density at radius 2 is 0.833 bits per heavy atom. The number of esters is 2. The van der Waals surface area contributed by atoms with Crippen molar-refractivity contribution in [3.63, 3.8) is 0 Å². The monoisotopic (exact) mass is 1070 g/mol. The largest absolute Gasteiger partial charge is 0.492 e. The molecule has 0 aliphatic rings. The Kier molecular flexibility index (Phi) is 38.3. The van der Waals surface area contributed by atoms with E-state index >= 15 is 0 Å². The highest BCUT2D eigenvalue weighted by molar-refractivity contribution is 7.86. The topological polar surface area (TPSA) is 286 Å². The minimum Gasteiger partial charge on any atom is -0.492 e. The van der Waals surface area contributed by atoms with Crippen LogP contribution in [0.5, 0.6) is 11.5 Å². The van der Waals surface area contributed by atoms with Gasteiger partial charge in [0.2, 0.25) is 0 Å². The van der Waals surface area contributed by atoms with E-state index in [9.17, 15) is 36.6 Å². The lowest BCUT2D eigenvalue weighted by atomic mass is 10.3. The van der Waals surface area contributed by atoms with Gasteiger partial charge in [-0.1, -0.05) is 0 Å². The van der Waals surface area contributed by atoms with Gasteiger partial charge in [-0.3, -0.25) is 37.7 Å². The summed E-state index contributed by atoms with van der Waals surface area (Å²) in [6.07, 6.45) is 3.75. The molecule has 2 N–H and O–H groups in total. The SMILES string of the molecule is CCOC(=O)CCCN(CCOCCOCCOC)CCOc1cc(CO)nc(CO)c1.CCOC(=O)CCCN(CCOCCOCCOC)CCOc1cc(COS(C)(=O)=O)nc(COS(C)(=O)=O)c1. The van der Waals surface area contributed by atoms with Crippen LogP contribution in [0.25, 0.3) is 0 Å². The standard InChI is InChI=1S/C24H42N2O12S2.C22H38N2O8/c1-5-35-24(27)7-6-8-26(9-11-33-15-16-34-14-13-32-2)10-12-36-23-17-21(19-37-39(3,28)29)25-22(18-23)20-38-40(4,30)31;1-3-31-22(27)5-4-6-24(7-9-29-13-14-30-12-11-28-2)8-10-32-21-15-19(17-25)23-20(16-21)18-26/h17-18H,5-16,19-20H2,1-4H3;15-16,25-26H,3-14,17-18H2,1-2H3. The zero-order valence-corrected chi connectivity index (χ0v) is 44.6. The summed E-state index contributed by atoms with van der Waals surface area (Å²) in [5.41, 5.74) is 1.34. The van der Waals surface area contributed by atoms with E-state index in [-0.39, 0.29) is 62.8 Å². The van der Waals surface area contributed by atoms with Crippen LogP contribution < -0.4 is 9.47 Å². The Morgan fingerprint density at radius 3 is 1.18 bits per heavy atom. The third kappa shape index (κ3) is 37.9. The van der Waals surface area contributed by atoms with Crippen LogP contribution in [0.4, 0.5) is 0 Å². The minimum atomic E-state index is -3.72. The second-order valence-electron chi connectivity index (χ2n) is 15.5. The van der Waals surface area contributed by atoms with Crippen molar-refractivity contribution in [1.29, 1.82) is 0 Å². The van der Waals surface area contributed by atoms with E-state index < -0.39 is 20.2 Å². The quantitative estimate of drug-likeness (QED) is 0.0540. The van der Waals surface area contributed by atoms with Crippen molar-refractivity contribution in [3.8, 4) is 11.5 Å². The van der Waals surface area contributed by atoms with Crippen LogP contribution in [0, 0.1) is 0 Å². The number of rotatable bonds is 44. The zero-order valence-electron chi connectivity index (χ0n) is 43.0. The molecule has 0 amide bonds. The second kappa shape index (κ2) is 41.6. The average Bonchev–Trinajstić information content (AvgIpc) is 3.33. The Hall–Kier alpha value is -3.74. The predicted molar refractivity (Wildman–Crippen MR) is 262 cm³/mol. The highest BCUT2D eigenvalue weighted by Gasteiger charge is 2.14. The van der Waals surface area contributed by atoms with Crippen LogP contribution in [-0.4, -0.2) is 217 Å². The number of methoxy groups -OCH3 is 2. The predicted octanol–water partition coefficient (Wildman–Crippen LogP) is 1.51. The summed E-state index contributed by atoms with van der Waals surface area (Å²) in [5.74, 6) is 0.430. The third-order valence-corrected chi connectivity index (χ3v) is 10.5. The number of nitrogens with zero attached hydrogens (tertiary/aromatic N) is 4. The van der Waals surface area contributed by atoms with Crippen molar-refractivity contribution in [2.24, 2.45) is 0 Å². The van der Waals surface area contributed by atoms with Gasteiger partial charge in [0, 0.05) is 77.5 Å². The second-order valence-corrected chi connectivity index (χ2v) is 18.7. The summed E-state index contributed by atoms with van der Waals surface area (Å²) in [6.45, 7) is 12.4. The fraction of sp³-hybridized carbons (Fsp3) is 0.739. The first-order chi connectivity index (χ1) is 34.5. The molecule has 2 heterocycles. The molecule has 0 radical (unpaired) electrons. The molecule has 2 aromatic rings. The molecular weight excluding hydrogens is 993 g/mol. The van der Waals surface area contributed by atoms with Gasteiger partial charge in [0.25, 0.3) is 20.2 Å². The molecule has 0 unspecified atom stereocenters. The maximum atomic E-state index is 11.7. The van der Waals surface area contributed by atoms with Crippen LogP contribution in [0.15, 0.2) is 24.3 Å². The molecule has 0 aliphatic heterocycles. The van der Waals surface area contributed by atoms with Crippen LogP contribution in [0.2, 0.25) is 0 Å². The molecule has 2 rings (SSSR count). The van der Waals surface area contributed by atoms with Crippen molar-refractivity contribution in [2.45, 2.75) is 66.0 Å². The lowest BCUT2D eigenvalue weighted by Crippen LogP contribution is -2.33. The van der Waals surface area contributed by atoms with E-state index in [0.717, 1.165) is 12.5 Å². The van der Waals surface area contributed by atoms with Gasteiger partial charge in [-0.15, -0.1) is 0 Å². The van der Waals surface area contributed by atoms with Gasteiger partial charge in [0.1, 0.15) is 37.9 Å². The molecule has 0 aromatic carbocycles. The first kappa shape index (κ1) is 66.3. The molecular formula is C46H80N4O20S2. The van der Waals surface area contributed by atoms with Gasteiger partial charge in [-0.25, -0.2) is 0 Å². The summed E-state index contributed by atoms with van der Waals surface area (Å²) < 4.78 is 109. The molecule has 0 aliphatic carbocycles. The molecule has 72 heavy (non-hydrogen) atoms. The summed E-state index contributed by atoms with van der Waals surface area (Å²) in [4.78, 5) is 35.8. The van der Waals surface area contributed by atoms with Gasteiger partial charge in [-0.2, -0.15) is 16.8 Å². The summed E-state index contributed by atoms with van der Waals surface area (Å²) in [7, 11) is -4.21. The zero-order chi connectivity index (χ0) is 53.3. The van der Waals surface area contributed by atoms with Gasteiger partial charge in [-0.05, 0) is 39.8 Å². The molecule has 0 bridgehead atoms. The maximum Gasteiger partial charge on any atom is 0.305 e. The van der Waals surface area contributed by atoms with E-state index in [4.69, 9.17) is 55.7 Å². The number of hydrogen-bond donors (Lipinski definition) is 2. The molecule has 416 valence electrons. The fourth-order valence-electron chi connectivity index (χ4n) is 5.98. The minimum absolute atomic E-state index is 0.196. The fourth-order valence-corrected chi connectivity index (χ4v) is 6.65. The highest BCUT2D eigenvalue weighted by atomic mass is 32.2. The highest BCUT2D eigenvalue weighted by Crippen LogP contribution is 2.18. The number of aliphatic hydroxyl groups is 2. The van der Waals surface area contributed by atoms with Crippen LogP contribution >= 0.6 is 0 Å². The van der Waals surface area contributed by atoms with E-state index in [0.29, 0.717) is 167 Å². The number of carbonyl (C=O) groups is 2. The molecule has 26 heteroatoms. The van der Waals surface area contributed by atoms with Crippen molar-refractivity contribution >= 4 is 32.2 Å². The number of ether oxygens (including phenoxy) is 10. The van der Waals surface area contributed by atoms with Gasteiger partial charge < -0.3 is 57.6 Å². The van der Waals surface area contributed by atoms with Crippen molar-refractivity contribution in [1.82, 2.24) is 19.8 Å². The van der Waals surface area contributed by atoms with Gasteiger partial charge in [0.15, 0.2) is 0 Å². The lowest BCUT2D eigenvalue weighted by Gasteiger charge is -2.22. The van der Waals surface area contributed by atoms with Gasteiger partial charge in [0.05, 0.1) is 128 Å². The lowest BCUT2D eigenvalue weighted by molar-refractivity contribution is -0.144. The molecule has 0 saturated carbocycles. The smallest absolute Gasteiger partial charge is 0.305 e. The molecule has 24 nitrogen and oxygen atoms in total. The van der Waals surface area contributed by atoms with E-state index in [1.807, 2.05) is 0 Å². The average molecular weight is 1070 g/mol. The van der Waals surface area contributed by atoms with E-state index in [2.05, 4.69) is 19.8 Å². The summed E-state index contributed by atoms with van der Waals surface area (Å²) in [6, 6.07) is 6.31. The van der Waals surface area contributed by atoms with Crippen LogP contribution in [0.3, 0.4) is 0 Å². The number of carbonyl (C=O) groups excluding carboxylic acids is 2. The number of hydrogen-bond acceptors (Lipinski definition) is 24. The third-order valence-electron chi connectivity index (χ3n) is 9.36. The summed E-state index contributed by atoms with van der Waals surface area (Å²) >= 11 is 0. The Labute approximate surface area is 426 Å². The van der Waals surface area contributed by atoms with Gasteiger partial charge >= 0.3 is 11.9 Å². The normalized spacial score (nSPS) is 11.7. The summed E-state index contributed by atoms with van der Waals surface area (Å²) in [5, 5.41) is 18.6. The van der Waals surface area contributed by atoms with Crippen molar-refractivity contribution < 1.29 is 92.4 Å².